The number of carbonyl (C=O) groups is 2. The summed E-state index contributed by atoms with van der Waals surface area (Å²) in [4.78, 5) is 21.2. The largest absolute Gasteiger partial charge is 0.497 e. The number of ketones is 1. The first-order chi connectivity index (χ1) is 8.72. The quantitative estimate of drug-likeness (QED) is 0.597. The van der Waals surface area contributed by atoms with Crippen LogP contribution in [0.15, 0.2) is 36.4 Å². The van der Waals surface area contributed by atoms with E-state index in [1.54, 1.807) is 7.11 Å². The third-order valence-electron chi connectivity index (χ3n) is 2.90. The van der Waals surface area contributed by atoms with Crippen LogP contribution < -0.4 is 4.74 Å². The summed E-state index contributed by atoms with van der Waals surface area (Å²) in [5.74, 6) is 0.469. The van der Waals surface area contributed by atoms with Crippen LogP contribution in [-0.4, -0.2) is 19.2 Å². The number of benzene rings is 2. The van der Waals surface area contributed by atoms with Crippen molar-refractivity contribution >= 4 is 22.8 Å². The first-order valence-electron chi connectivity index (χ1n) is 5.77. The van der Waals surface area contributed by atoms with Crippen LogP contribution >= 0.6 is 0 Å². The molecule has 2 aromatic carbocycles. The molecule has 0 atom stereocenters. The van der Waals surface area contributed by atoms with E-state index in [9.17, 15) is 9.59 Å². The number of rotatable bonds is 5. The number of Topliss-reactive ketones (excluding diaryl/α,β-unsaturated/α-hetero) is 1. The first-order valence-corrected chi connectivity index (χ1v) is 5.77. The predicted octanol–water partition coefficient (Wildman–Crippen LogP) is 2.55. The molecule has 18 heavy (non-hydrogen) atoms. The normalized spacial score (nSPS) is 10.3. The molecular weight excluding hydrogens is 228 g/mol. The molecule has 0 saturated carbocycles. The molecule has 0 saturated heterocycles. The van der Waals surface area contributed by atoms with Gasteiger partial charge in [0.1, 0.15) is 5.75 Å². The minimum absolute atomic E-state index is 0.269. The minimum atomic E-state index is -0.357. The van der Waals surface area contributed by atoms with Crippen LogP contribution in [0.3, 0.4) is 0 Å². The minimum Gasteiger partial charge on any atom is -0.497 e. The molecule has 3 heteroatoms. The van der Waals surface area contributed by atoms with Crippen LogP contribution in [0.1, 0.15) is 12.0 Å². The molecule has 0 amide bonds. The number of carbonyl (C=O) groups excluding carboxylic acids is 2. The van der Waals surface area contributed by atoms with Crippen molar-refractivity contribution in [2.24, 2.45) is 0 Å². The zero-order chi connectivity index (χ0) is 13.0. The SMILES string of the molecule is COc1ccc2cc(CCC(=O)C=O)ccc2c1. The number of hydrogen-bond donors (Lipinski definition) is 0. The Labute approximate surface area is 105 Å². The smallest absolute Gasteiger partial charge is 0.195 e. The second-order valence-electron chi connectivity index (χ2n) is 4.13. The maximum atomic E-state index is 10.9. The lowest BCUT2D eigenvalue weighted by molar-refractivity contribution is -0.129. The number of fused-ring (bicyclic) bond motifs is 1. The number of ether oxygens (including phenoxy) is 1. The predicted molar refractivity (Wildman–Crippen MR) is 69.9 cm³/mol. The Bertz CT molecular complexity index is 587. The number of aldehydes is 1. The standard InChI is InChI=1S/C15H14O3/c1-18-15-7-5-12-8-11(2-4-13(12)9-15)3-6-14(17)10-16/h2,4-5,7-10H,3,6H2,1H3. The Morgan fingerprint density at radius 3 is 2.61 bits per heavy atom. The summed E-state index contributed by atoms with van der Waals surface area (Å²) in [6.45, 7) is 0. The molecular formula is C15H14O3. The zero-order valence-corrected chi connectivity index (χ0v) is 10.2. The lowest BCUT2D eigenvalue weighted by Gasteiger charge is -2.05. The van der Waals surface area contributed by atoms with Crippen molar-refractivity contribution in [3.8, 4) is 5.75 Å². The van der Waals surface area contributed by atoms with Crippen LogP contribution in [0.4, 0.5) is 0 Å². The average Bonchev–Trinajstić information content (AvgIpc) is 2.43. The number of aryl methyl sites for hydroxylation is 1. The fourth-order valence-corrected chi connectivity index (χ4v) is 1.88. The van der Waals surface area contributed by atoms with E-state index in [0.29, 0.717) is 12.7 Å². The number of hydrogen-bond acceptors (Lipinski definition) is 3. The van der Waals surface area contributed by atoms with Gasteiger partial charge in [-0.2, -0.15) is 0 Å². The van der Waals surface area contributed by atoms with Crippen LogP contribution in [0.5, 0.6) is 5.75 Å². The molecule has 0 fully saturated rings. The van der Waals surface area contributed by atoms with Gasteiger partial charge in [0.2, 0.25) is 0 Å². The van der Waals surface area contributed by atoms with E-state index in [-0.39, 0.29) is 12.2 Å². The topological polar surface area (TPSA) is 43.4 Å². The van der Waals surface area contributed by atoms with Gasteiger partial charge >= 0.3 is 0 Å². The third-order valence-corrected chi connectivity index (χ3v) is 2.90. The molecule has 2 rings (SSSR count). The van der Waals surface area contributed by atoms with Crippen LogP contribution in [-0.2, 0) is 16.0 Å². The van der Waals surface area contributed by atoms with E-state index in [4.69, 9.17) is 4.74 Å². The van der Waals surface area contributed by atoms with Gasteiger partial charge in [-0.1, -0.05) is 24.3 Å². The van der Waals surface area contributed by atoms with Gasteiger partial charge in [-0.3, -0.25) is 9.59 Å². The van der Waals surface area contributed by atoms with E-state index in [1.807, 2.05) is 36.4 Å². The molecule has 92 valence electrons. The molecule has 3 nitrogen and oxygen atoms in total. The van der Waals surface area contributed by atoms with Gasteiger partial charge in [0.15, 0.2) is 12.1 Å². The Kier molecular flexibility index (Phi) is 3.72. The Balaban J connectivity index is 2.22. The molecule has 0 spiro atoms. The first kappa shape index (κ1) is 12.3. The molecule has 2 aromatic rings. The highest BCUT2D eigenvalue weighted by atomic mass is 16.5. The molecule has 0 N–H and O–H groups in total. The molecule has 0 bridgehead atoms. The summed E-state index contributed by atoms with van der Waals surface area (Å²) in [7, 11) is 1.64. The lowest BCUT2D eigenvalue weighted by atomic mass is 10.0. The van der Waals surface area contributed by atoms with Crippen LogP contribution in [0.25, 0.3) is 10.8 Å². The van der Waals surface area contributed by atoms with E-state index in [0.717, 1.165) is 22.1 Å². The lowest BCUT2D eigenvalue weighted by Crippen LogP contribution is -2.00. The highest BCUT2D eigenvalue weighted by Crippen LogP contribution is 2.22. The monoisotopic (exact) mass is 242 g/mol. The maximum absolute atomic E-state index is 10.9. The number of methoxy groups -OCH3 is 1. The summed E-state index contributed by atoms with van der Waals surface area (Å²) >= 11 is 0. The van der Waals surface area contributed by atoms with Crippen molar-refractivity contribution in [1.82, 2.24) is 0 Å². The van der Waals surface area contributed by atoms with Gasteiger partial charge in [0, 0.05) is 6.42 Å². The van der Waals surface area contributed by atoms with E-state index in [2.05, 4.69) is 0 Å². The highest BCUT2D eigenvalue weighted by molar-refractivity contribution is 6.24. The Hall–Kier alpha value is -2.16. The van der Waals surface area contributed by atoms with Gasteiger partial charge < -0.3 is 4.74 Å². The second kappa shape index (κ2) is 5.45. The van der Waals surface area contributed by atoms with Crippen molar-refractivity contribution in [3.63, 3.8) is 0 Å². The Morgan fingerprint density at radius 1 is 1.17 bits per heavy atom. The van der Waals surface area contributed by atoms with E-state index in [1.165, 1.54) is 0 Å². The van der Waals surface area contributed by atoms with Crippen LogP contribution in [0, 0.1) is 0 Å². The van der Waals surface area contributed by atoms with Crippen molar-refractivity contribution in [2.45, 2.75) is 12.8 Å². The molecule has 0 radical (unpaired) electrons. The molecule has 0 aliphatic rings. The van der Waals surface area contributed by atoms with Crippen molar-refractivity contribution in [1.29, 1.82) is 0 Å². The molecule has 0 aliphatic heterocycles. The maximum Gasteiger partial charge on any atom is 0.195 e. The van der Waals surface area contributed by atoms with Gasteiger partial charge in [-0.05, 0) is 34.9 Å². The summed E-state index contributed by atoms with van der Waals surface area (Å²) in [5, 5.41) is 2.20. The van der Waals surface area contributed by atoms with Gasteiger partial charge in [-0.25, -0.2) is 0 Å². The summed E-state index contributed by atoms with van der Waals surface area (Å²) in [6.07, 6.45) is 1.25. The van der Waals surface area contributed by atoms with E-state index >= 15 is 0 Å². The second-order valence-corrected chi connectivity index (χ2v) is 4.13. The van der Waals surface area contributed by atoms with Gasteiger partial charge in [0.05, 0.1) is 7.11 Å². The summed E-state index contributed by atoms with van der Waals surface area (Å²) in [6, 6.07) is 11.9. The highest BCUT2D eigenvalue weighted by Gasteiger charge is 2.02. The fourth-order valence-electron chi connectivity index (χ4n) is 1.88. The molecule has 0 aliphatic carbocycles. The van der Waals surface area contributed by atoms with E-state index < -0.39 is 0 Å². The van der Waals surface area contributed by atoms with Crippen molar-refractivity contribution < 1.29 is 14.3 Å². The third kappa shape index (κ3) is 2.74. The van der Waals surface area contributed by atoms with Crippen LogP contribution in [0.2, 0.25) is 0 Å². The fraction of sp³-hybridized carbons (Fsp3) is 0.200. The summed E-state index contributed by atoms with van der Waals surface area (Å²) in [5.41, 5.74) is 1.06. The molecule has 0 aromatic heterocycles. The zero-order valence-electron chi connectivity index (χ0n) is 10.2. The van der Waals surface area contributed by atoms with Gasteiger partial charge in [0.25, 0.3) is 0 Å². The average molecular weight is 242 g/mol. The molecule has 0 heterocycles. The van der Waals surface area contributed by atoms with Crippen molar-refractivity contribution in [3.05, 3.63) is 42.0 Å². The Morgan fingerprint density at radius 2 is 1.89 bits per heavy atom. The van der Waals surface area contributed by atoms with Crippen molar-refractivity contribution in [2.75, 3.05) is 7.11 Å². The molecule has 0 unspecified atom stereocenters. The summed E-state index contributed by atoms with van der Waals surface area (Å²) < 4.78 is 5.16. The van der Waals surface area contributed by atoms with Gasteiger partial charge in [-0.15, -0.1) is 0 Å².